The van der Waals surface area contributed by atoms with E-state index in [-0.39, 0.29) is 0 Å². The lowest BCUT2D eigenvalue weighted by molar-refractivity contribution is 0.244. The number of nitrogens with zero attached hydrogens (tertiary/aromatic N) is 4. The summed E-state index contributed by atoms with van der Waals surface area (Å²) < 4.78 is 7.39. The van der Waals surface area contributed by atoms with Crippen molar-refractivity contribution in [2.24, 2.45) is 7.05 Å². The van der Waals surface area contributed by atoms with Gasteiger partial charge in [0.25, 0.3) is 0 Å². The molecule has 0 N–H and O–H groups in total. The number of likely N-dealkylation sites (tertiary alicyclic amines) is 1. The first-order chi connectivity index (χ1) is 10.1. The molecule has 0 aliphatic carbocycles. The standard InChI is InChI=1S/C16H24N4O/c1-5-15-16(12(3)18-21-15)14-7-6-8-20(14)10-13-9-19(4)17-11(13)2/h9,14H,5-8,10H2,1-4H3/t14-/m1/s1. The van der Waals surface area contributed by atoms with E-state index in [0.29, 0.717) is 6.04 Å². The van der Waals surface area contributed by atoms with E-state index in [1.165, 1.54) is 24.0 Å². The van der Waals surface area contributed by atoms with Gasteiger partial charge in [-0.25, -0.2) is 0 Å². The highest BCUT2D eigenvalue weighted by molar-refractivity contribution is 5.27. The fraction of sp³-hybridized carbons (Fsp3) is 0.625. The van der Waals surface area contributed by atoms with Crippen molar-refractivity contribution in [3.63, 3.8) is 0 Å². The van der Waals surface area contributed by atoms with Gasteiger partial charge < -0.3 is 4.52 Å². The Hall–Kier alpha value is -1.62. The second kappa shape index (κ2) is 5.64. The second-order valence-electron chi connectivity index (χ2n) is 6.00. The molecule has 0 saturated carbocycles. The van der Waals surface area contributed by atoms with Crippen molar-refractivity contribution in [1.82, 2.24) is 19.8 Å². The molecule has 0 radical (unpaired) electrons. The molecule has 1 aliphatic heterocycles. The van der Waals surface area contributed by atoms with Crippen LogP contribution in [0.25, 0.3) is 0 Å². The van der Waals surface area contributed by atoms with Gasteiger partial charge in [-0.05, 0) is 33.2 Å². The molecule has 1 saturated heterocycles. The van der Waals surface area contributed by atoms with Crippen LogP contribution in [0.5, 0.6) is 0 Å². The van der Waals surface area contributed by atoms with Gasteiger partial charge >= 0.3 is 0 Å². The molecule has 0 amide bonds. The number of aromatic nitrogens is 3. The van der Waals surface area contributed by atoms with Crippen LogP contribution in [0.4, 0.5) is 0 Å². The summed E-state index contributed by atoms with van der Waals surface area (Å²) in [6, 6.07) is 0.436. The van der Waals surface area contributed by atoms with E-state index >= 15 is 0 Å². The molecule has 0 unspecified atom stereocenters. The molecular weight excluding hydrogens is 264 g/mol. The van der Waals surface area contributed by atoms with Crippen LogP contribution in [0.15, 0.2) is 10.7 Å². The van der Waals surface area contributed by atoms with E-state index < -0.39 is 0 Å². The monoisotopic (exact) mass is 288 g/mol. The van der Waals surface area contributed by atoms with Crippen molar-refractivity contribution in [3.05, 3.63) is 34.5 Å². The lowest BCUT2D eigenvalue weighted by atomic mass is 10.0. The van der Waals surface area contributed by atoms with Crippen LogP contribution >= 0.6 is 0 Å². The van der Waals surface area contributed by atoms with Crippen LogP contribution < -0.4 is 0 Å². The van der Waals surface area contributed by atoms with Crippen LogP contribution in [0.2, 0.25) is 0 Å². The predicted octanol–water partition coefficient (Wildman–Crippen LogP) is 2.92. The van der Waals surface area contributed by atoms with Crippen LogP contribution in [-0.4, -0.2) is 26.4 Å². The van der Waals surface area contributed by atoms with Gasteiger partial charge in [0.2, 0.25) is 0 Å². The largest absolute Gasteiger partial charge is 0.361 e. The molecule has 21 heavy (non-hydrogen) atoms. The number of rotatable bonds is 4. The molecule has 5 nitrogen and oxygen atoms in total. The Morgan fingerprint density at radius 3 is 2.81 bits per heavy atom. The Labute approximate surface area is 125 Å². The first kappa shape index (κ1) is 14.3. The van der Waals surface area contributed by atoms with Crippen LogP contribution in [0.1, 0.15) is 54.1 Å². The number of aryl methyl sites for hydroxylation is 4. The summed E-state index contributed by atoms with van der Waals surface area (Å²) >= 11 is 0. The van der Waals surface area contributed by atoms with Crippen LogP contribution in [0.3, 0.4) is 0 Å². The average Bonchev–Trinajstić information content (AvgIpc) is 3.11. The summed E-state index contributed by atoms with van der Waals surface area (Å²) in [7, 11) is 1.98. The first-order valence-electron chi connectivity index (χ1n) is 7.78. The zero-order chi connectivity index (χ0) is 15.0. The van der Waals surface area contributed by atoms with Crippen molar-refractivity contribution in [3.8, 4) is 0 Å². The summed E-state index contributed by atoms with van der Waals surface area (Å²) in [4.78, 5) is 2.54. The van der Waals surface area contributed by atoms with Gasteiger partial charge in [-0.15, -0.1) is 0 Å². The van der Waals surface area contributed by atoms with E-state index in [1.807, 2.05) is 11.7 Å². The second-order valence-corrected chi connectivity index (χ2v) is 6.00. The SMILES string of the molecule is CCc1onc(C)c1[C@H]1CCCN1Cc1cn(C)nc1C. The fourth-order valence-corrected chi connectivity index (χ4v) is 3.47. The predicted molar refractivity (Wildman–Crippen MR) is 80.9 cm³/mol. The molecule has 0 spiro atoms. The summed E-state index contributed by atoms with van der Waals surface area (Å²) in [5.74, 6) is 1.05. The average molecular weight is 288 g/mol. The smallest absolute Gasteiger partial charge is 0.141 e. The molecule has 1 aliphatic rings. The highest BCUT2D eigenvalue weighted by Crippen LogP contribution is 2.37. The summed E-state index contributed by atoms with van der Waals surface area (Å²) in [6.07, 6.45) is 5.46. The Kier molecular flexibility index (Phi) is 3.85. The normalized spacial score (nSPS) is 19.5. The van der Waals surface area contributed by atoms with Crippen molar-refractivity contribution < 1.29 is 4.52 Å². The van der Waals surface area contributed by atoms with E-state index in [9.17, 15) is 0 Å². The Bertz CT molecular complexity index is 628. The molecule has 0 bridgehead atoms. The zero-order valence-corrected chi connectivity index (χ0v) is 13.4. The van der Waals surface area contributed by atoms with Crippen molar-refractivity contribution in [1.29, 1.82) is 0 Å². The van der Waals surface area contributed by atoms with Gasteiger partial charge in [-0.2, -0.15) is 5.10 Å². The third kappa shape index (κ3) is 2.62. The zero-order valence-electron chi connectivity index (χ0n) is 13.4. The van der Waals surface area contributed by atoms with Gasteiger partial charge in [-0.3, -0.25) is 9.58 Å². The van der Waals surface area contributed by atoms with Gasteiger partial charge in [0.15, 0.2) is 0 Å². The third-order valence-electron chi connectivity index (χ3n) is 4.49. The molecule has 2 aromatic rings. The lowest BCUT2D eigenvalue weighted by Gasteiger charge is -2.24. The Balaban J connectivity index is 1.85. The highest BCUT2D eigenvalue weighted by Gasteiger charge is 2.31. The minimum atomic E-state index is 0.436. The first-order valence-corrected chi connectivity index (χ1v) is 7.78. The molecule has 3 rings (SSSR count). The quantitative estimate of drug-likeness (QED) is 0.868. The molecule has 114 valence electrons. The van der Waals surface area contributed by atoms with E-state index in [0.717, 1.165) is 36.7 Å². The van der Waals surface area contributed by atoms with Crippen LogP contribution in [0, 0.1) is 13.8 Å². The maximum atomic E-state index is 5.49. The topological polar surface area (TPSA) is 47.1 Å². The van der Waals surface area contributed by atoms with Crippen molar-refractivity contribution in [2.45, 2.75) is 52.6 Å². The van der Waals surface area contributed by atoms with Crippen LogP contribution in [-0.2, 0) is 20.0 Å². The van der Waals surface area contributed by atoms with Gasteiger partial charge in [-0.1, -0.05) is 12.1 Å². The van der Waals surface area contributed by atoms with Gasteiger partial charge in [0.1, 0.15) is 5.76 Å². The minimum Gasteiger partial charge on any atom is -0.361 e. The molecule has 1 atom stereocenters. The number of hydrogen-bond acceptors (Lipinski definition) is 4. The molecule has 1 fully saturated rings. The van der Waals surface area contributed by atoms with Gasteiger partial charge in [0, 0.05) is 43.4 Å². The van der Waals surface area contributed by atoms with E-state index in [4.69, 9.17) is 4.52 Å². The molecule has 3 heterocycles. The van der Waals surface area contributed by atoms with E-state index in [1.54, 1.807) is 0 Å². The summed E-state index contributed by atoms with van der Waals surface area (Å²) in [5.41, 5.74) is 4.81. The van der Waals surface area contributed by atoms with Crippen molar-refractivity contribution >= 4 is 0 Å². The molecule has 0 aromatic carbocycles. The fourth-order valence-electron chi connectivity index (χ4n) is 3.47. The van der Waals surface area contributed by atoms with Gasteiger partial charge in [0.05, 0.1) is 11.4 Å². The molecule has 5 heteroatoms. The lowest BCUT2D eigenvalue weighted by Crippen LogP contribution is -2.23. The van der Waals surface area contributed by atoms with E-state index in [2.05, 4.69) is 42.1 Å². The molecule has 2 aromatic heterocycles. The Morgan fingerprint density at radius 1 is 1.33 bits per heavy atom. The molecular formula is C16H24N4O. The minimum absolute atomic E-state index is 0.436. The van der Waals surface area contributed by atoms with Crippen molar-refractivity contribution in [2.75, 3.05) is 6.54 Å². The summed E-state index contributed by atoms with van der Waals surface area (Å²) in [6.45, 7) is 8.37. The number of hydrogen-bond donors (Lipinski definition) is 0. The maximum Gasteiger partial charge on any atom is 0.141 e. The third-order valence-corrected chi connectivity index (χ3v) is 4.49. The highest BCUT2D eigenvalue weighted by atomic mass is 16.5. The summed E-state index contributed by atoms with van der Waals surface area (Å²) in [5, 5.41) is 8.63. The maximum absolute atomic E-state index is 5.49. The Morgan fingerprint density at radius 2 is 2.14 bits per heavy atom.